The topological polar surface area (TPSA) is 53.2 Å². The molecule has 0 bridgehead atoms. The summed E-state index contributed by atoms with van der Waals surface area (Å²) in [7, 11) is 0. The van der Waals surface area contributed by atoms with Crippen molar-refractivity contribution in [2.45, 2.75) is 58.3 Å². The lowest BCUT2D eigenvalue weighted by Gasteiger charge is -2.15. The summed E-state index contributed by atoms with van der Waals surface area (Å²) in [4.78, 5) is 11.8. The lowest BCUT2D eigenvalue weighted by Crippen LogP contribution is -2.39. The van der Waals surface area contributed by atoms with Crippen molar-refractivity contribution in [3.63, 3.8) is 0 Å². The largest absolute Gasteiger partial charge is 0.337 e. The van der Waals surface area contributed by atoms with Gasteiger partial charge in [-0.3, -0.25) is 10.9 Å². The number of carbonyl (C=O) groups is 1. The number of benzene rings is 1. The molecule has 0 unspecified atom stereocenters. The molecule has 1 aromatic carbocycles. The SMILES string of the molecule is CCCCCCCCCCNC(=O)NNc1c(Cl)c(Cl)c(Cl)c(Cl)c1Cl. The summed E-state index contributed by atoms with van der Waals surface area (Å²) in [5.74, 6) is 0. The van der Waals surface area contributed by atoms with Gasteiger partial charge >= 0.3 is 6.03 Å². The summed E-state index contributed by atoms with van der Waals surface area (Å²) in [6.45, 7) is 2.80. The summed E-state index contributed by atoms with van der Waals surface area (Å²) in [6, 6.07) is -0.401. The first-order chi connectivity index (χ1) is 12.4. The molecular weight excluding hydrogens is 439 g/mol. The third-order valence-electron chi connectivity index (χ3n) is 3.83. The second kappa shape index (κ2) is 13.0. The van der Waals surface area contributed by atoms with Crippen LogP contribution in [0.25, 0.3) is 0 Å². The number of hydrazine groups is 1. The molecule has 0 heterocycles. The third-order valence-corrected chi connectivity index (χ3v) is 6.10. The average Bonchev–Trinajstić information content (AvgIpc) is 2.63. The molecule has 0 saturated heterocycles. The van der Waals surface area contributed by atoms with E-state index in [9.17, 15) is 4.79 Å². The highest BCUT2D eigenvalue weighted by molar-refractivity contribution is 6.56. The molecule has 0 spiro atoms. The first-order valence-electron chi connectivity index (χ1n) is 8.71. The van der Waals surface area contributed by atoms with Gasteiger partial charge in [0.15, 0.2) is 0 Å². The number of nitrogens with one attached hydrogen (secondary N) is 3. The number of urea groups is 1. The van der Waals surface area contributed by atoms with Gasteiger partial charge in [-0.15, -0.1) is 0 Å². The number of amides is 2. The molecule has 0 radical (unpaired) electrons. The van der Waals surface area contributed by atoms with Crippen molar-refractivity contribution >= 4 is 69.7 Å². The summed E-state index contributed by atoms with van der Waals surface area (Å²) in [6.07, 6.45) is 9.65. The van der Waals surface area contributed by atoms with Crippen LogP contribution in [0.15, 0.2) is 0 Å². The smallest absolute Gasteiger partial charge is 0.333 e. The third kappa shape index (κ3) is 7.77. The molecule has 0 fully saturated rings. The zero-order valence-electron chi connectivity index (χ0n) is 14.7. The number of unbranched alkanes of at least 4 members (excludes halogenated alkanes) is 7. The first kappa shape index (κ1) is 23.8. The van der Waals surface area contributed by atoms with E-state index in [1.54, 1.807) is 0 Å². The number of halogens is 5. The van der Waals surface area contributed by atoms with Crippen LogP contribution in [0.3, 0.4) is 0 Å². The maximum absolute atomic E-state index is 11.8. The summed E-state index contributed by atoms with van der Waals surface area (Å²) in [5, 5.41) is 3.10. The lowest BCUT2D eigenvalue weighted by atomic mass is 10.1. The summed E-state index contributed by atoms with van der Waals surface area (Å²) in [5.41, 5.74) is 5.26. The maximum Gasteiger partial charge on any atom is 0.333 e. The van der Waals surface area contributed by atoms with Gasteiger partial charge in [0.1, 0.15) is 0 Å². The maximum atomic E-state index is 11.8. The van der Waals surface area contributed by atoms with Gasteiger partial charge in [0, 0.05) is 6.54 Å². The van der Waals surface area contributed by atoms with E-state index in [-0.39, 0.29) is 30.8 Å². The van der Waals surface area contributed by atoms with Crippen LogP contribution in [-0.2, 0) is 0 Å². The number of rotatable bonds is 11. The lowest BCUT2D eigenvalue weighted by molar-refractivity contribution is 0.242. The number of carbonyl (C=O) groups excluding carboxylic acids is 1. The minimum absolute atomic E-state index is 0.0615. The van der Waals surface area contributed by atoms with E-state index in [0.29, 0.717) is 6.54 Å². The Morgan fingerprint density at radius 2 is 1.19 bits per heavy atom. The van der Waals surface area contributed by atoms with Gasteiger partial charge in [0.2, 0.25) is 0 Å². The highest BCUT2D eigenvalue weighted by Gasteiger charge is 2.19. The fraction of sp³-hybridized carbons (Fsp3) is 0.588. The van der Waals surface area contributed by atoms with E-state index in [4.69, 9.17) is 58.0 Å². The zero-order chi connectivity index (χ0) is 19.5. The van der Waals surface area contributed by atoms with Crippen LogP contribution >= 0.6 is 58.0 Å². The Hall–Kier alpha value is -0.260. The minimum Gasteiger partial charge on any atom is -0.337 e. The van der Waals surface area contributed by atoms with Gasteiger partial charge in [-0.05, 0) is 6.42 Å². The molecule has 0 aliphatic heterocycles. The number of hydrogen-bond acceptors (Lipinski definition) is 2. The fourth-order valence-corrected chi connectivity index (χ4v) is 3.57. The Bertz CT molecular complexity index is 569. The monoisotopic (exact) mass is 461 g/mol. The first-order valence-corrected chi connectivity index (χ1v) is 10.6. The van der Waals surface area contributed by atoms with Crippen molar-refractivity contribution < 1.29 is 4.79 Å². The molecule has 0 aromatic heterocycles. The minimum atomic E-state index is -0.401. The standard InChI is InChI=1S/C17H24Cl5N3O/c1-2-3-4-5-6-7-8-9-10-23-17(26)25-24-16-14(21)12(19)11(18)13(20)15(16)22/h24H,2-10H2,1H3,(H2,23,25,26). The molecule has 1 aromatic rings. The Balaban J connectivity index is 2.27. The molecule has 1 rings (SSSR count). The van der Waals surface area contributed by atoms with Gasteiger partial charge < -0.3 is 5.32 Å². The van der Waals surface area contributed by atoms with E-state index in [1.165, 1.54) is 38.5 Å². The Kier molecular flexibility index (Phi) is 11.9. The fourth-order valence-electron chi connectivity index (χ4n) is 2.34. The molecule has 0 saturated carbocycles. The van der Waals surface area contributed by atoms with Gasteiger partial charge in [0.25, 0.3) is 0 Å². The average molecular weight is 464 g/mol. The number of anilines is 1. The van der Waals surface area contributed by atoms with Crippen LogP contribution in [0.2, 0.25) is 25.1 Å². The van der Waals surface area contributed by atoms with E-state index < -0.39 is 6.03 Å². The summed E-state index contributed by atoms with van der Waals surface area (Å²) < 4.78 is 0. The van der Waals surface area contributed by atoms with Crippen LogP contribution in [-0.4, -0.2) is 12.6 Å². The Morgan fingerprint density at radius 1 is 0.731 bits per heavy atom. The van der Waals surface area contributed by atoms with E-state index >= 15 is 0 Å². The van der Waals surface area contributed by atoms with E-state index in [2.05, 4.69) is 23.1 Å². The molecule has 148 valence electrons. The summed E-state index contributed by atoms with van der Waals surface area (Å²) >= 11 is 30.0. The molecule has 0 aliphatic carbocycles. The molecule has 3 N–H and O–H groups in total. The predicted octanol–water partition coefficient (Wildman–Crippen LogP) is 7.72. The van der Waals surface area contributed by atoms with Crippen molar-refractivity contribution in [1.29, 1.82) is 0 Å². The van der Waals surface area contributed by atoms with Crippen LogP contribution in [0.1, 0.15) is 58.3 Å². The quantitative estimate of drug-likeness (QED) is 0.136. The number of hydrogen-bond donors (Lipinski definition) is 3. The molecule has 26 heavy (non-hydrogen) atoms. The highest BCUT2D eigenvalue weighted by atomic mass is 35.5. The van der Waals surface area contributed by atoms with Crippen LogP contribution in [0, 0.1) is 0 Å². The van der Waals surface area contributed by atoms with Crippen LogP contribution < -0.4 is 16.2 Å². The van der Waals surface area contributed by atoms with Crippen LogP contribution in [0.4, 0.5) is 10.5 Å². The Labute approximate surface area is 180 Å². The molecule has 9 heteroatoms. The Morgan fingerprint density at radius 3 is 1.73 bits per heavy atom. The molecular formula is C17H24Cl5N3O. The molecule has 0 aliphatic rings. The predicted molar refractivity (Wildman–Crippen MR) is 114 cm³/mol. The van der Waals surface area contributed by atoms with Crippen molar-refractivity contribution in [3.05, 3.63) is 25.1 Å². The second-order valence-electron chi connectivity index (χ2n) is 5.93. The van der Waals surface area contributed by atoms with Gasteiger partial charge in [-0.25, -0.2) is 4.79 Å². The highest BCUT2D eigenvalue weighted by Crippen LogP contribution is 2.46. The van der Waals surface area contributed by atoms with Gasteiger partial charge in [0.05, 0.1) is 30.8 Å². The van der Waals surface area contributed by atoms with Gasteiger partial charge in [-0.1, -0.05) is 110 Å². The van der Waals surface area contributed by atoms with E-state index in [1.807, 2.05) is 0 Å². The van der Waals surface area contributed by atoms with Gasteiger partial charge in [-0.2, -0.15) is 0 Å². The molecule has 0 atom stereocenters. The molecule has 4 nitrogen and oxygen atoms in total. The van der Waals surface area contributed by atoms with Crippen molar-refractivity contribution in [3.8, 4) is 0 Å². The van der Waals surface area contributed by atoms with Crippen molar-refractivity contribution in [2.24, 2.45) is 0 Å². The normalized spacial score (nSPS) is 10.7. The van der Waals surface area contributed by atoms with Crippen molar-refractivity contribution in [1.82, 2.24) is 10.7 Å². The second-order valence-corrected chi connectivity index (χ2v) is 7.82. The van der Waals surface area contributed by atoms with E-state index in [0.717, 1.165) is 12.8 Å². The molecule has 2 amide bonds. The van der Waals surface area contributed by atoms with Crippen molar-refractivity contribution in [2.75, 3.05) is 12.0 Å². The van der Waals surface area contributed by atoms with Crippen LogP contribution in [0.5, 0.6) is 0 Å². The zero-order valence-corrected chi connectivity index (χ0v) is 18.4.